The molecule has 1 amide bonds. The lowest BCUT2D eigenvalue weighted by Gasteiger charge is -2.34. The van der Waals surface area contributed by atoms with Crippen molar-refractivity contribution in [1.82, 2.24) is 10.2 Å². The van der Waals surface area contributed by atoms with Gasteiger partial charge in [-0.25, -0.2) is 0 Å². The molecule has 0 bridgehead atoms. The molecule has 1 heterocycles. The fourth-order valence-electron chi connectivity index (χ4n) is 2.93. The molecule has 0 aliphatic carbocycles. The number of benzene rings is 1. The number of carbonyl (C=O) groups is 1. The summed E-state index contributed by atoms with van der Waals surface area (Å²) < 4.78 is 5.23. The number of amides is 1. The van der Waals surface area contributed by atoms with Crippen molar-refractivity contribution in [3.63, 3.8) is 0 Å². The van der Waals surface area contributed by atoms with Crippen LogP contribution < -0.4 is 10.1 Å². The average Bonchev–Trinajstić information content (AvgIpc) is 2.53. The molecule has 0 atom stereocenters. The molecule has 4 nitrogen and oxygen atoms in total. The third-order valence-electron chi connectivity index (χ3n) is 4.02. The highest BCUT2D eigenvalue weighted by Crippen LogP contribution is 2.17. The summed E-state index contributed by atoms with van der Waals surface area (Å²) in [5.74, 6) is 1.04. The fourth-order valence-corrected chi connectivity index (χ4v) is 2.93. The van der Waals surface area contributed by atoms with Crippen LogP contribution in [0.1, 0.15) is 31.7 Å². The molecular weight excluding hydrogens is 264 g/mol. The molecule has 0 spiro atoms. The summed E-state index contributed by atoms with van der Waals surface area (Å²) in [6, 6.07) is 8.18. The molecule has 0 aromatic heterocycles. The maximum Gasteiger partial charge on any atom is 0.227 e. The molecule has 0 unspecified atom stereocenters. The Bertz CT molecular complexity index is 456. The molecule has 1 fully saturated rings. The lowest BCUT2D eigenvalue weighted by Crippen LogP contribution is -2.47. The van der Waals surface area contributed by atoms with Crippen molar-refractivity contribution in [3.8, 4) is 5.75 Å². The third-order valence-corrected chi connectivity index (χ3v) is 4.02. The Balaban J connectivity index is 2.03. The zero-order valence-corrected chi connectivity index (χ0v) is 13.1. The summed E-state index contributed by atoms with van der Waals surface area (Å²) in [7, 11) is 1.65. The highest BCUT2D eigenvalue weighted by atomic mass is 16.5. The Hall–Kier alpha value is -1.55. The number of carbonyl (C=O) groups excluding carboxylic acids is 1. The summed E-state index contributed by atoms with van der Waals surface area (Å²) in [5.41, 5.74) is 1.02. The van der Waals surface area contributed by atoms with Crippen LogP contribution in [0.3, 0.4) is 0 Å². The molecular formula is C17H26N2O2. The van der Waals surface area contributed by atoms with Crippen LogP contribution in [0.15, 0.2) is 24.3 Å². The first kappa shape index (κ1) is 15.8. The molecule has 0 radical (unpaired) electrons. The van der Waals surface area contributed by atoms with Crippen molar-refractivity contribution in [1.29, 1.82) is 0 Å². The first-order valence-corrected chi connectivity index (χ1v) is 7.87. The van der Waals surface area contributed by atoms with Crippen molar-refractivity contribution in [2.24, 2.45) is 0 Å². The van der Waals surface area contributed by atoms with Crippen molar-refractivity contribution >= 4 is 5.91 Å². The minimum absolute atomic E-state index is 0.233. The van der Waals surface area contributed by atoms with Crippen molar-refractivity contribution in [3.05, 3.63) is 29.8 Å². The monoisotopic (exact) mass is 290 g/mol. The zero-order chi connectivity index (χ0) is 15.1. The number of piperidine rings is 1. The van der Waals surface area contributed by atoms with Gasteiger partial charge in [-0.2, -0.15) is 0 Å². The van der Waals surface area contributed by atoms with Crippen LogP contribution in [0.25, 0.3) is 0 Å². The Morgan fingerprint density at radius 2 is 2.14 bits per heavy atom. The Morgan fingerprint density at radius 3 is 2.81 bits per heavy atom. The molecule has 4 heteroatoms. The van der Waals surface area contributed by atoms with Crippen LogP contribution in [-0.4, -0.2) is 43.6 Å². The molecule has 1 saturated heterocycles. The van der Waals surface area contributed by atoms with E-state index in [1.54, 1.807) is 7.11 Å². The van der Waals surface area contributed by atoms with Crippen LogP contribution in [0.2, 0.25) is 0 Å². The molecule has 116 valence electrons. The summed E-state index contributed by atoms with van der Waals surface area (Å²) in [5, 5.41) is 3.36. The van der Waals surface area contributed by atoms with E-state index >= 15 is 0 Å². The van der Waals surface area contributed by atoms with Crippen LogP contribution in [0.5, 0.6) is 5.75 Å². The minimum Gasteiger partial charge on any atom is -0.497 e. The fraction of sp³-hybridized carbons (Fsp3) is 0.588. The molecule has 1 aliphatic heterocycles. The number of methoxy groups -OCH3 is 1. The summed E-state index contributed by atoms with van der Waals surface area (Å²) in [4.78, 5) is 14.7. The first-order valence-electron chi connectivity index (χ1n) is 7.87. The number of nitrogens with zero attached hydrogens (tertiary/aromatic N) is 1. The maximum atomic E-state index is 12.7. The molecule has 1 aliphatic rings. The van der Waals surface area contributed by atoms with Gasteiger partial charge in [0.1, 0.15) is 5.75 Å². The van der Waals surface area contributed by atoms with Gasteiger partial charge < -0.3 is 15.0 Å². The van der Waals surface area contributed by atoms with E-state index in [1.165, 1.54) is 0 Å². The van der Waals surface area contributed by atoms with Gasteiger partial charge in [-0.1, -0.05) is 19.1 Å². The van der Waals surface area contributed by atoms with Gasteiger partial charge in [-0.15, -0.1) is 0 Å². The number of ether oxygens (including phenoxy) is 1. The Morgan fingerprint density at radius 1 is 1.38 bits per heavy atom. The lowest BCUT2D eigenvalue weighted by molar-refractivity contribution is -0.133. The maximum absolute atomic E-state index is 12.7. The zero-order valence-electron chi connectivity index (χ0n) is 13.1. The second-order valence-electron chi connectivity index (χ2n) is 5.60. The van der Waals surface area contributed by atoms with E-state index in [2.05, 4.69) is 17.1 Å². The molecule has 1 aromatic rings. The van der Waals surface area contributed by atoms with Crippen LogP contribution >= 0.6 is 0 Å². The van der Waals surface area contributed by atoms with Crippen LogP contribution in [0, 0.1) is 0 Å². The van der Waals surface area contributed by atoms with Crippen LogP contribution in [-0.2, 0) is 11.2 Å². The third kappa shape index (κ3) is 4.46. The van der Waals surface area contributed by atoms with E-state index in [0.29, 0.717) is 12.5 Å². The second kappa shape index (κ2) is 8.03. The SMILES string of the molecule is CCCN(C(=O)Cc1cccc(OC)c1)C1CCNCC1. The molecule has 1 aromatic carbocycles. The first-order chi connectivity index (χ1) is 10.2. The van der Waals surface area contributed by atoms with Gasteiger partial charge >= 0.3 is 0 Å². The summed E-state index contributed by atoms with van der Waals surface area (Å²) in [6.07, 6.45) is 3.59. The van der Waals surface area contributed by atoms with E-state index < -0.39 is 0 Å². The van der Waals surface area contributed by atoms with Gasteiger partial charge in [0.25, 0.3) is 0 Å². The average molecular weight is 290 g/mol. The van der Waals surface area contributed by atoms with Gasteiger partial charge in [0, 0.05) is 12.6 Å². The van der Waals surface area contributed by atoms with Gasteiger partial charge in [0.2, 0.25) is 5.91 Å². The summed E-state index contributed by atoms with van der Waals surface area (Å²) in [6.45, 7) is 5.01. The van der Waals surface area contributed by atoms with Crippen LogP contribution in [0.4, 0.5) is 0 Å². The number of rotatable bonds is 6. The van der Waals surface area contributed by atoms with Crippen molar-refractivity contribution in [2.45, 2.75) is 38.6 Å². The van der Waals surface area contributed by atoms with E-state index in [4.69, 9.17) is 4.74 Å². The van der Waals surface area contributed by atoms with Gasteiger partial charge in [-0.05, 0) is 50.0 Å². The molecule has 21 heavy (non-hydrogen) atoms. The van der Waals surface area contributed by atoms with E-state index in [9.17, 15) is 4.79 Å². The lowest BCUT2D eigenvalue weighted by atomic mass is 10.0. The second-order valence-corrected chi connectivity index (χ2v) is 5.60. The highest BCUT2D eigenvalue weighted by Gasteiger charge is 2.24. The molecule has 0 saturated carbocycles. The van der Waals surface area contributed by atoms with E-state index in [-0.39, 0.29) is 5.91 Å². The Labute approximate surface area is 127 Å². The molecule has 2 rings (SSSR count). The number of hydrogen-bond donors (Lipinski definition) is 1. The quantitative estimate of drug-likeness (QED) is 0.873. The normalized spacial score (nSPS) is 15.7. The standard InChI is InChI=1S/C17H26N2O2/c1-3-11-19(15-7-9-18-10-8-15)17(20)13-14-5-4-6-16(12-14)21-2/h4-6,12,15,18H,3,7-11,13H2,1-2H3. The van der Waals surface area contributed by atoms with Gasteiger partial charge in [-0.3, -0.25) is 4.79 Å². The van der Waals surface area contributed by atoms with Gasteiger partial charge in [0.05, 0.1) is 13.5 Å². The van der Waals surface area contributed by atoms with Crippen molar-refractivity contribution in [2.75, 3.05) is 26.7 Å². The minimum atomic E-state index is 0.233. The largest absolute Gasteiger partial charge is 0.497 e. The predicted molar refractivity (Wildman–Crippen MR) is 84.6 cm³/mol. The smallest absolute Gasteiger partial charge is 0.227 e. The molecule has 1 N–H and O–H groups in total. The number of nitrogens with one attached hydrogen (secondary N) is 1. The highest BCUT2D eigenvalue weighted by molar-refractivity contribution is 5.79. The number of hydrogen-bond acceptors (Lipinski definition) is 3. The van der Waals surface area contributed by atoms with Crippen molar-refractivity contribution < 1.29 is 9.53 Å². The van der Waals surface area contributed by atoms with E-state index in [0.717, 1.165) is 50.2 Å². The summed E-state index contributed by atoms with van der Waals surface area (Å²) >= 11 is 0. The topological polar surface area (TPSA) is 41.6 Å². The van der Waals surface area contributed by atoms with Gasteiger partial charge in [0.15, 0.2) is 0 Å². The Kier molecular flexibility index (Phi) is 6.05. The van der Waals surface area contributed by atoms with E-state index in [1.807, 2.05) is 24.3 Å². The predicted octanol–water partition coefficient (Wildman–Crippen LogP) is 2.23.